The van der Waals surface area contributed by atoms with E-state index in [-0.39, 0.29) is 5.91 Å². The summed E-state index contributed by atoms with van der Waals surface area (Å²) in [5, 5.41) is 6.14. The number of amides is 1. The molecule has 4 nitrogen and oxygen atoms in total. The number of carbonyl (C=O) groups is 1. The second kappa shape index (κ2) is 8.17. The average molecular weight is 283 g/mol. The van der Waals surface area contributed by atoms with Crippen molar-refractivity contribution in [1.82, 2.24) is 10.3 Å². The number of hydrogen-bond donors (Lipinski definition) is 2. The minimum Gasteiger partial charge on any atom is -0.326 e. The van der Waals surface area contributed by atoms with Gasteiger partial charge in [0.15, 0.2) is 0 Å². The fraction of sp³-hybridized carbons (Fsp3) is 0.294. The smallest absolute Gasteiger partial charge is 0.225 e. The molecule has 0 aliphatic carbocycles. The van der Waals surface area contributed by atoms with Crippen LogP contribution >= 0.6 is 0 Å². The van der Waals surface area contributed by atoms with E-state index >= 15 is 0 Å². The first-order valence-electron chi connectivity index (χ1n) is 7.26. The van der Waals surface area contributed by atoms with E-state index in [1.807, 2.05) is 42.6 Å². The number of anilines is 1. The van der Waals surface area contributed by atoms with E-state index < -0.39 is 0 Å². The Morgan fingerprint density at radius 1 is 1.14 bits per heavy atom. The van der Waals surface area contributed by atoms with Crippen molar-refractivity contribution in [3.63, 3.8) is 0 Å². The first-order chi connectivity index (χ1) is 10.3. The third kappa shape index (κ3) is 5.36. The van der Waals surface area contributed by atoms with Crippen molar-refractivity contribution in [3.05, 3.63) is 59.9 Å². The van der Waals surface area contributed by atoms with Gasteiger partial charge in [0, 0.05) is 37.6 Å². The van der Waals surface area contributed by atoms with Gasteiger partial charge in [0.1, 0.15) is 0 Å². The summed E-state index contributed by atoms with van der Waals surface area (Å²) in [5.74, 6) is 0.0259. The lowest BCUT2D eigenvalue weighted by atomic mass is 10.1. The second-order valence-corrected chi connectivity index (χ2v) is 4.89. The lowest BCUT2D eigenvalue weighted by Crippen LogP contribution is -2.21. The van der Waals surface area contributed by atoms with E-state index in [1.165, 1.54) is 5.56 Å². The molecule has 0 aliphatic heterocycles. The summed E-state index contributed by atoms with van der Waals surface area (Å²) in [6.07, 6.45) is 5.03. The standard InChI is InChI=1S/C17H21N3O/c1-2-14-5-7-16(8-6-14)20-17(21)9-11-19-13-15-4-3-10-18-12-15/h3-8,10,12,19H,2,9,11,13H2,1H3,(H,20,21). The summed E-state index contributed by atoms with van der Waals surface area (Å²) in [5.41, 5.74) is 3.24. The van der Waals surface area contributed by atoms with Gasteiger partial charge in [-0.25, -0.2) is 0 Å². The molecule has 0 radical (unpaired) electrons. The summed E-state index contributed by atoms with van der Waals surface area (Å²) in [6.45, 7) is 3.49. The molecule has 1 aromatic carbocycles. The number of carbonyl (C=O) groups excluding carboxylic acids is 1. The molecular formula is C17H21N3O. The lowest BCUT2D eigenvalue weighted by molar-refractivity contribution is -0.116. The molecule has 2 N–H and O–H groups in total. The zero-order valence-corrected chi connectivity index (χ0v) is 12.3. The number of aryl methyl sites for hydroxylation is 1. The van der Waals surface area contributed by atoms with Crippen LogP contribution in [-0.4, -0.2) is 17.4 Å². The van der Waals surface area contributed by atoms with Gasteiger partial charge in [-0.3, -0.25) is 9.78 Å². The second-order valence-electron chi connectivity index (χ2n) is 4.89. The highest BCUT2D eigenvalue weighted by molar-refractivity contribution is 5.90. The molecule has 0 saturated carbocycles. The highest BCUT2D eigenvalue weighted by Crippen LogP contribution is 2.10. The van der Waals surface area contributed by atoms with Gasteiger partial charge in [0.05, 0.1) is 0 Å². The van der Waals surface area contributed by atoms with Crippen LogP contribution in [0, 0.1) is 0 Å². The first-order valence-corrected chi connectivity index (χ1v) is 7.26. The predicted octanol–water partition coefficient (Wildman–Crippen LogP) is 2.76. The Kier molecular flexibility index (Phi) is 5.91. The predicted molar refractivity (Wildman–Crippen MR) is 85.0 cm³/mol. The van der Waals surface area contributed by atoms with Crippen LogP contribution in [-0.2, 0) is 17.8 Å². The minimum absolute atomic E-state index is 0.0259. The van der Waals surface area contributed by atoms with Crippen LogP contribution in [0.1, 0.15) is 24.5 Å². The Hall–Kier alpha value is -2.20. The monoisotopic (exact) mass is 283 g/mol. The van der Waals surface area contributed by atoms with Crippen LogP contribution in [0.2, 0.25) is 0 Å². The number of pyridine rings is 1. The summed E-state index contributed by atoms with van der Waals surface area (Å²) in [6, 6.07) is 11.9. The molecule has 0 fully saturated rings. The third-order valence-corrected chi connectivity index (χ3v) is 3.23. The summed E-state index contributed by atoms with van der Waals surface area (Å²) >= 11 is 0. The minimum atomic E-state index is 0.0259. The third-order valence-electron chi connectivity index (χ3n) is 3.23. The molecule has 0 atom stereocenters. The van der Waals surface area contributed by atoms with E-state index in [4.69, 9.17) is 0 Å². The van der Waals surface area contributed by atoms with Crippen LogP contribution in [0.5, 0.6) is 0 Å². The maximum Gasteiger partial charge on any atom is 0.225 e. The van der Waals surface area contributed by atoms with E-state index in [1.54, 1.807) is 6.20 Å². The molecule has 21 heavy (non-hydrogen) atoms. The molecule has 2 rings (SSSR count). The molecule has 110 valence electrons. The van der Waals surface area contributed by atoms with Gasteiger partial charge >= 0.3 is 0 Å². The van der Waals surface area contributed by atoms with Crippen LogP contribution in [0.25, 0.3) is 0 Å². The SMILES string of the molecule is CCc1ccc(NC(=O)CCNCc2cccnc2)cc1. The number of rotatable bonds is 7. The summed E-state index contributed by atoms with van der Waals surface area (Å²) in [7, 11) is 0. The molecule has 0 aliphatic rings. The Labute approximate surface area is 125 Å². The zero-order valence-electron chi connectivity index (χ0n) is 12.3. The molecule has 2 aromatic rings. The quantitative estimate of drug-likeness (QED) is 0.768. The normalized spacial score (nSPS) is 10.3. The maximum absolute atomic E-state index is 11.8. The van der Waals surface area contributed by atoms with Gasteiger partial charge in [-0.15, -0.1) is 0 Å². The van der Waals surface area contributed by atoms with E-state index in [2.05, 4.69) is 22.5 Å². The van der Waals surface area contributed by atoms with Gasteiger partial charge in [-0.2, -0.15) is 0 Å². The van der Waals surface area contributed by atoms with Crippen molar-refractivity contribution in [2.24, 2.45) is 0 Å². The molecule has 4 heteroatoms. The zero-order chi connectivity index (χ0) is 14.9. The van der Waals surface area contributed by atoms with Crippen molar-refractivity contribution in [2.45, 2.75) is 26.3 Å². The van der Waals surface area contributed by atoms with Gasteiger partial charge in [-0.1, -0.05) is 25.1 Å². The topological polar surface area (TPSA) is 54.0 Å². The van der Waals surface area contributed by atoms with E-state index in [0.29, 0.717) is 13.0 Å². The Balaban J connectivity index is 1.67. The van der Waals surface area contributed by atoms with Crippen LogP contribution in [0.4, 0.5) is 5.69 Å². The van der Waals surface area contributed by atoms with Gasteiger partial charge in [0.2, 0.25) is 5.91 Å². The first kappa shape index (κ1) is 15.2. The largest absolute Gasteiger partial charge is 0.326 e. The molecule has 0 saturated heterocycles. The molecule has 1 aromatic heterocycles. The molecule has 0 unspecified atom stereocenters. The van der Waals surface area contributed by atoms with Crippen LogP contribution in [0.3, 0.4) is 0 Å². The highest BCUT2D eigenvalue weighted by Gasteiger charge is 2.02. The fourth-order valence-electron chi connectivity index (χ4n) is 1.98. The van der Waals surface area contributed by atoms with E-state index in [0.717, 1.165) is 24.2 Å². The number of nitrogens with one attached hydrogen (secondary N) is 2. The maximum atomic E-state index is 11.8. The summed E-state index contributed by atoms with van der Waals surface area (Å²) in [4.78, 5) is 15.9. The highest BCUT2D eigenvalue weighted by atomic mass is 16.1. The number of hydrogen-bond acceptors (Lipinski definition) is 3. The Morgan fingerprint density at radius 3 is 2.62 bits per heavy atom. The summed E-state index contributed by atoms with van der Waals surface area (Å²) < 4.78 is 0. The number of benzene rings is 1. The van der Waals surface area contributed by atoms with E-state index in [9.17, 15) is 4.79 Å². The van der Waals surface area contributed by atoms with Crippen molar-refractivity contribution in [2.75, 3.05) is 11.9 Å². The molecular weight excluding hydrogens is 262 g/mol. The van der Waals surface area contributed by atoms with Crippen molar-refractivity contribution in [3.8, 4) is 0 Å². The van der Waals surface area contributed by atoms with Crippen LogP contribution in [0.15, 0.2) is 48.8 Å². The number of aromatic nitrogens is 1. The van der Waals surface area contributed by atoms with Crippen molar-refractivity contribution >= 4 is 11.6 Å². The number of nitrogens with zero attached hydrogens (tertiary/aromatic N) is 1. The average Bonchev–Trinajstić information content (AvgIpc) is 2.53. The van der Waals surface area contributed by atoms with Crippen molar-refractivity contribution in [1.29, 1.82) is 0 Å². The lowest BCUT2D eigenvalue weighted by Gasteiger charge is -2.07. The molecule has 1 heterocycles. The molecule has 1 amide bonds. The Morgan fingerprint density at radius 2 is 1.95 bits per heavy atom. The Bertz CT molecular complexity index is 552. The van der Waals surface area contributed by atoms with Crippen molar-refractivity contribution < 1.29 is 4.79 Å². The van der Waals surface area contributed by atoms with Crippen LogP contribution < -0.4 is 10.6 Å². The molecule has 0 spiro atoms. The molecule has 0 bridgehead atoms. The van der Waals surface area contributed by atoms with Gasteiger partial charge in [-0.05, 0) is 35.7 Å². The van der Waals surface area contributed by atoms with Gasteiger partial charge < -0.3 is 10.6 Å². The fourth-order valence-corrected chi connectivity index (χ4v) is 1.98. The van der Waals surface area contributed by atoms with Gasteiger partial charge in [0.25, 0.3) is 0 Å².